The zero-order valence-electron chi connectivity index (χ0n) is 13.8. The van der Waals surface area contributed by atoms with Crippen molar-refractivity contribution in [2.45, 2.75) is 11.3 Å². The Hall–Kier alpha value is -2.97. The standard InChI is InChI=1S/C18H18N4O3S/c19-26(24,25)15-8-6-13(7-9-15)10-12-21-18(23)22-16-5-1-3-14-4-2-11-20-17(14)16/h1-9,11H,10,12H2,(H2,19,24,25)(H2,21,22,23). The third kappa shape index (κ3) is 4.35. The Morgan fingerprint density at radius 1 is 1.04 bits per heavy atom. The second kappa shape index (κ2) is 7.51. The number of anilines is 1. The minimum atomic E-state index is -3.69. The number of para-hydroxylation sites is 1. The monoisotopic (exact) mass is 370 g/mol. The van der Waals surface area contributed by atoms with Crippen molar-refractivity contribution in [3.63, 3.8) is 0 Å². The van der Waals surface area contributed by atoms with Gasteiger partial charge in [-0.1, -0.05) is 30.3 Å². The quantitative estimate of drug-likeness (QED) is 0.639. The average Bonchev–Trinajstić information content (AvgIpc) is 2.62. The number of fused-ring (bicyclic) bond motifs is 1. The van der Waals surface area contributed by atoms with E-state index in [0.29, 0.717) is 18.7 Å². The highest BCUT2D eigenvalue weighted by Crippen LogP contribution is 2.20. The van der Waals surface area contributed by atoms with E-state index in [9.17, 15) is 13.2 Å². The number of primary sulfonamides is 1. The lowest BCUT2D eigenvalue weighted by molar-refractivity contribution is 0.252. The van der Waals surface area contributed by atoms with Crippen LogP contribution in [0.3, 0.4) is 0 Å². The van der Waals surface area contributed by atoms with E-state index in [0.717, 1.165) is 16.5 Å². The number of carbonyl (C=O) groups excluding carboxylic acids is 1. The maximum absolute atomic E-state index is 12.1. The third-order valence-electron chi connectivity index (χ3n) is 3.83. The van der Waals surface area contributed by atoms with Crippen LogP contribution in [-0.4, -0.2) is 26.0 Å². The van der Waals surface area contributed by atoms with E-state index in [4.69, 9.17) is 5.14 Å². The Labute approximate surface area is 151 Å². The van der Waals surface area contributed by atoms with Crippen molar-refractivity contribution in [1.29, 1.82) is 0 Å². The molecule has 0 spiro atoms. The molecule has 2 aromatic carbocycles. The van der Waals surface area contributed by atoms with Gasteiger partial charge in [0.15, 0.2) is 0 Å². The van der Waals surface area contributed by atoms with Crippen molar-refractivity contribution < 1.29 is 13.2 Å². The minimum Gasteiger partial charge on any atom is -0.338 e. The summed E-state index contributed by atoms with van der Waals surface area (Å²) in [6, 6.07) is 15.3. The van der Waals surface area contributed by atoms with Crippen LogP contribution in [0, 0.1) is 0 Å². The Kier molecular flexibility index (Phi) is 5.15. The van der Waals surface area contributed by atoms with Crippen LogP contribution in [0.1, 0.15) is 5.56 Å². The number of benzene rings is 2. The van der Waals surface area contributed by atoms with E-state index < -0.39 is 10.0 Å². The van der Waals surface area contributed by atoms with Crippen molar-refractivity contribution in [3.05, 3.63) is 66.4 Å². The summed E-state index contributed by atoms with van der Waals surface area (Å²) in [5.74, 6) is 0. The molecule has 4 N–H and O–H groups in total. The molecule has 1 heterocycles. The van der Waals surface area contributed by atoms with Crippen LogP contribution >= 0.6 is 0 Å². The maximum Gasteiger partial charge on any atom is 0.319 e. The Morgan fingerprint density at radius 3 is 2.50 bits per heavy atom. The molecule has 0 aliphatic carbocycles. The molecule has 26 heavy (non-hydrogen) atoms. The second-order valence-corrected chi connectivity index (χ2v) is 7.26. The maximum atomic E-state index is 12.1. The third-order valence-corrected chi connectivity index (χ3v) is 4.76. The van der Waals surface area contributed by atoms with Crippen LogP contribution in [0.2, 0.25) is 0 Å². The summed E-state index contributed by atoms with van der Waals surface area (Å²) in [5.41, 5.74) is 2.26. The fraction of sp³-hybridized carbons (Fsp3) is 0.111. The van der Waals surface area contributed by atoms with E-state index in [1.807, 2.05) is 24.3 Å². The molecule has 0 atom stereocenters. The molecule has 0 saturated carbocycles. The number of rotatable bonds is 5. The summed E-state index contributed by atoms with van der Waals surface area (Å²) >= 11 is 0. The van der Waals surface area contributed by atoms with Crippen LogP contribution in [0.5, 0.6) is 0 Å². The van der Waals surface area contributed by atoms with Gasteiger partial charge in [0.2, 0.25) is 10.0 Å². The summed E-state index contributed by atoms with van der Waals surface area (Å²) < 4.78 is 22.4. The fourth-order valence-electron chi connectivity index (χ4n) is 2.54. The van der Waals surface area contributed by atoms with Gasteiger partial charge in [0, 0.05) is 18.1 Å². The molecule has 0 saturated heterocycles. The van der Waals surface area contributed by atoms with E-state index >= 15 is 0 Å². The molecule has 3 aromatic rings. The van der Waals surface area contributed by atoms with E-state index in [1.54, 1.807) is 24.4 Å². The van der Waals surface area contributed by atoms with Crippen LogP contribution in [-0.2, 0) is 16.4 Å². The molecule has 7 nitrogen and oxygen atoms in total. The van der Waals surface area contributed by atoms with Gasteiger partial charge >= 0.3 is 6.03 Å². The van der Waals surface area contributed by atoms with Crippen molar-refractivity contribution in [2.24, 2.45) is 5.14 Å². The second-order valence-electron chi connectivity index (χ2n) is 5.70. The number of urea groups is 1. The first-order valence-corrected chi connectivity index (χ1v) is 9.48. The van der Waals surface area contributed by atoms with Crippen molar-refractivity contribution in [2.75, 3.05) is 11.9 Å². The van der Waals surface area contributed by atoms with Gasteiger partial charge in [-0.25, -0.2) is 18.4 Å². The molecule has 0 unspecified atom stereocenters. The summed E-state index contributed by atoms with van der Waals surface area (Å²) in [5, 5.41) is 11.6. The largest absolute Gasteiger partial charge is 0.338 e. The van der Waals surface area contributed by atoms with E-state index in [-0.39, 0.29) is 10.9 Å². The first-order valence-electron chi connectivity index (χ1n) is 7.94. The molecule has 0 aliphatic heterocycles. The highest BCUT2D eigenvalue weighted by Gasteiger charge is 2.08. The zero-order chi connectivity index (χ0) is 18.6. The van der Waals surface area contributed by atoms with Crippen LogP contribution in [0.4, 0.5) is 10.5 Å². The molecular weight excluding hydrogens is 352 g/mol. The zero-order valence-corrected chi connectivity index (χ0v) is 14.7. The van der Waals surface area contributed by atoms with E-state index in [1.165, 1.54) is 12.1 Å². The van der Waals surface area contributed by atoms with Crippen LogP contribution < -0.4 is 15.8 Å². The summed E-state index contributed by atoms with van der Waals surface area (Å²) in [4.78, 5) is 16.4. The number of aromatic nitrogens is 1. The number of sulfonamides is 1. The van der Waals surface area contributed by atoms with Gasteiger partial charge in [-0.05, 0) is 36.2 Å². The number of nitrogens with one attached hydrogen (secondary N) is 2. The van der Waals surface area contributed by atoms with Crippen molar-refractivity contribution >= 4 is 32.6 Å². The SMILES string of the molecule is NS(=O)(=O)c1ccc(CCNC(=O)Nc2cccc3cccnc23)cc1. The van der Waals surface area contributed by atoms with Crippen molar-refractivity contribution in [3.8, 4) is 0 Å². The minimum absolute atomic E-state index is 0.0652. The highest BCUT2D eigenvalue weighted by molar-refractivity contribution is 7.89. The molecular formula is C18H18N4O3S. The predicted octanol–water partition coefficient (Wildman–Crippen LogP) is 2.25. The fourth-order valence-corrected chi connectivity index (χ4v) is 3.05. The normalized spacial score (nSPS) is 11.3. The Bertz CT molecular complexity index is 1030. The van der Waals surface area contributed by atoms with Gasteiger partial charge in [-0.3, -0.25) is 4.98 Å². The van der Waals surface area contributed by atoms with E-state index in [2.05, 4.69) is 15.6 Å². The number of hydrogen-bond donors (Lipinski definition) is 3. The number of carbonyl (C=O) groups is 1. The first kappa shape index (κ1) is 17.8. The van der Waals surface area contributed by atoms with Crippen LogP contribution in [0.25, 0.3) is 10.9 Å². The first-order chi connectivity index (χ1) is 12.4. The molecule has 0 radical (unpaired) electrons. The molecule has 2 amide bonds. The van der Waals surface area contributed by atoms with Gasteiger partial charge < -0.3 is 10.6 Å². The number of nitrogens with zero attached hydrogens (tertiary/aromatic N) is 1. The lowest BCUT2D eigenvalue weighted by atomic mass is 10.1. The van der Waals surface area contributed by atoms with Gasteiger partial charge in [-0.2, -0.15) is 0 Å². The topological polar surface area (TPSA) is 114 Å². The molecule has 0 fully saturated rings. The number of hydrogen-bond acceptors (Lipinski definition) is 4. The lowest BCUT2D eigenvalue weighted by Gasteiger charge is -2.09. The smallest absolute Gasteiger partial charge is 0.319 e. The van der Waals surface area contributed by atoms with Gasteiger partial charge in [0.05, 0.1) is 16.1 Å². The summed E-state index contributed by atoms with van der Waals surface area (Å²) in [7, 11) is -3.69. The van der Waals surface area contributed by atoms with Gasteiger partial charge in [0.25, 0.3) is 0 Å². The lowest BCUT2D eigenvalue weighted by Crippen LogP contribution is -2.30. The average molecular weight is 370 g/mol. The van der Waals surface area contributed by atoms with Gasteiger partial charge in [-0.15, -0.1) is 0 Å². The molecule has 1 aromatic heterocycles. The molecule has 0 bridgehead atoms. The predicted molar refractivity (Wildman–Crippen MR) is 100 cm³/mol. The molecule has 3 rings (SSSR count). The van der Waals surface area contributed by atoms with Gasteiger partial charge in [0.1, 0.15) is 0 Å². The molecule has 0 aliphatic rings. The van der Waals surface area contributed by atoms with Crippen molar-refractivity contribution in [1.82, 2.24) is 10.3 Å². The Balaban J connectivity index is 1.56. The molecule has 8 heteroatoms. The Morgan fingerprint density at radius 2 is 1.77 bits per heavy atom. The summed E-state index contributed by atoms with van der Waals surface area (Å²) in [6.45, 7) is 0.402. The number of nitrogens with two attached hydrogens (primary N) is 1. The van der Waals surface area contributed by atoms with Crippen LogP contribution in [0.15, 0.2) is 65.7 Å². The number of pyridine rings is 1. The molecule has 134 valence electrons. The summed E-state index contributed by atoms with van der Waals surface area (Å²) in [6.07, 6.45) is 2.24. The number of amides is 2. The highest BCUT2D eigenvalue weighted by atomic mass is 32.2.